The SMILES string of the molecule is C#CCOc1cc(Oc2cc(-c3c(Cl)n4n(c3=O)CCCC4)c(F)cc2Cl)ccc1[C@H]1CC1CC1CCn2c(Cl)c(C3=C(F)C=C(Cl)C(Oc4cccc(O)c4)C3C)c(=O)n2C1. The van der Waals surface area contributed by atoms with Crippen molar-refractivity contribution in [2.45, 2.75) is 77.2 Å². The lowest BCUT2D eigenvalue weighted by atomic mass is 9.86. The fourth-order valence-electron chi connectivity index (χ4n) is 9.24. The van der Waals surface area contributed by atoms with E-state index < -0.39 is 23.7 Å². The molecule has 62 heavy (non-hydrogen) atoms. The van der Waals surface area contributed by atoms with Gasteiger partial charge in [-0.15, -0.1) is 6.42 Å². The fourth-order valence-corrected chi connectivity index (χ4v) is 10.5. The topological polar surface area (TPSA) is 102 Å². The normalized spacial score (nSPS) is 21.8. The third kappa shape index (κ3) is 7.72. The second-order valence-corrected chi connectivity index (χ2v) is 17.8. The molecule has 1 N–H and O–H groups in total. The van der Waals surface area contributed by atoms with Gasteiger partial charge in [-0.1, -0.05) is 71.4 Å². The number of rotatable bonds is 11. The molecule has 1 saturated carbocycles. The van der Waals surface area contributed by atoms with Gasteiger partial charge in [-0.25, -0.2) is 18.1 Å². The highest BCUT2D eigenvalue weighted by Crippen LogP contribution is 2.55. The number of aromatic hydroxyl groups is 1. The molecule has 3 aromatic carbocycles. The van der Waals surface area contributed by atoms with Crippen LogP contribution in [-0.2, 0) is 26.2 Å². The van der Waals surface area contributed by atoms with Crippen LogP contribution in [0, 0.1) is 35.9 Å². The molecule has 322 valence electrons. The Balaban J connectivity index is 0.912. The van der Waals surface area contributed by atoms with Crippen molar-refractivity contribution in [3.63, 3.8) is 0 Å². The summed E-state index contributed by atoms with van der Waals surface area (Å²) in [7, 11) is 0. The molecule has 9 rings (SSSR count). The highest BCUT2D eigenvalue weighted by molar-refractivity contribution is 6.33. The summed E-state index contributed by atoms with van der Waals surface area (Å²) in [4.78, 5) is 27.4. The van der Waals surface area contributed by atoms with Crippen molar-refractivity contribution in [3.8, 4) is 52.2 Å². The number of fused-ring (bicyclic) bond motifs is 2. The van der Waals surface area contributed by atoms with Crippen LogP contribution in [0.2, 0.25) is 15.3 Å². The average molecular weight is 925 g/mol. The predicted octanol–water partition coefficient (Wildman–Crippen LogP) is 10.8. The number of phenolic OH excluding ortho intramolecular Hbond substituents is 1. The van der Waals surface area contributed by atoms with Gasteiger partial charge >= 0.3 is 0 Å². The Bertz CT molecular complexity index is 2850. The minimum Gasteiger partial charge on any atom is -0.508 e. The molecule has 5 atom stereocenters. The van der Waals surface area contributed by atoms with E-state index in [0.29, 0.717) is 49.3 Å². The van der Waals surface area contributed by atoms with E-state index in [9.17, 15) is 14.7 Å². The first-order valence-corrected chi connectivity index (χ1v) is 21.9. The number of hydrogen-bond donors (Lipinski definition) is 1. The lowest BCUT2D eigenvalue weighted by molar-refractivity contribution is 0.206. The Kier molecular flexibility index (Phi) is 11.5. The van der Waals surface area contributed by atoms with Crippen LogP contribution in [0.25, 0.3) is 16.7 Å². The minimum atomic E-state index is -0.818. The molecule has 4 unspecified atom stereocenters. The molecule has 2 aliphatic carbocycles. The number of hydrogen-bond acceptors (Lipinski definition) is 6. The highest BCUT2D eigenvalue weighted by atomic mass is 35.5. The van der Waals surface area contributed by atoms with Gasteiger partial charge in [0.2, 0.25) is 0 Å². The molecular formula is C46H40Cl4F2N4O6. The predicted molar refractivity (Wildman–Crippen MR) is 235 cm³/mol. The maximum absolute atomic E-state index is 15.8. The molecule has 0 radical (unpaired) electrons. The molecule has 4 heterocycles. The highest BCUT2D eigenvalue weighted by Gasteiger charge is 2.43. The van der Waals surface area contributed by atoms with Crippen molar-refractivity contribution >= 4 is 52.0 Å². The van der Waals surface area contributed by atoms with E-state index in [1.165, 1.54) is 22.9 Å². The number of ether oxygens (including phenoxy) is 3. The van der Waals surface area contributed by atoms with Gasteiger partial charge in [0.1, 0.15) is 63.4 Å². The van der Waals surface area contributed by atoms with E-state index >= 15 is 8.78 Å². The summed E-state index contributed by atoms with van der Waals surface area (Å²) in [5.41, 5.74) is 0.441. The lowest BCUT2D eigenvalue weighted by Gasteiger charge is -2.29. The van der Waals surface area contributed by atoms with Gasteiger partial charge in [-0.3, -0.25) is 19.0 Å². The van der Waals surface area contributed by atoms with Crippen molar-refractivity contribution in [1.82, 2.24) is 18.7 Å². The summed E-state index contributed by atoms with van der Waals surface area (Å²) in [6.45, 7) is 3.68. The third-order valence-corrected chi connectivity index (χ3v) is 13.7. The van der Waals surface area contributed by atoms with Gasteiger partial charge in [0, 0.05) is 55.4 Å². The minimum absolute atomic E-state index is 0.00377. The third-order valence-electron chi connectivity index (χ3n) is 12.3. The van der Waals surface area contributed by atoms with Gasteiger partial charge in [-0.05, 0) is 91.8 Å². The van der Waals surface area contributed by atoms with E-state index in [1.807, 2.05) is 6.07 Å². The zero-order chi connectivity index (χ0) is 43.6. The molecule has 2 aromatic heterocycles. The summed E-state index contributed by atoms with van der Waals surface area (Å²) < 4.78 is 56.0. The van der Waals surface area contributed by atoms with Crippen LogP contribution in [0.3, 0.4) is 0 Å². The molecule has 4 aliphatic rings. The molecule has 0 saturated heterocycles. The maximum atomic E-state index is 15.8. The first-order valence-electron chi connectivity index (χ1n) is 20.4. The van der Waals surface area contributed by atoms with Crippen LogP contribution in [-0.4, -0.2) is 36.5 Å². The molecule has 16 heteroatoms. The quantitative estimate of drug-likeness (QED) is 0.132. The van der Waals surface area contributed by atoms with Crippen LogP contribution in [0.1, 0.15) is 56.1 Å². The number of benzene rings is 3. The summed E-state index contributed by atoms with van der Waals surface area (Å²) in [5.74, 6) is 2.46. The van der Waals surface area contributed by atoms with Crippen molar-refractivity contribution < 1.29 is 28.1 Å². The van der Waals surface area contributed by atoms with Gasteiger partial charge in [-0.2, -0.15) is 0 Å². The fraction of sp³-hybridized carbons (Fsp3) is 0.348. The average Bonchev–Trinajstić information content (AvgIpc) is 3.90. The molecule has 1 fully saturated rings. The number of aromatic nitrogens is 4. The van der Waals surface area contributed by atoms with E-state index in [1.54, 1.807) is 45.2 Å². The summed E-state index contributed by atoms with van der Waals surface area (Å²) in [5, 5.41) is 10.4. The number of allylic oxidation sites excluding steroid dienone is 2. The van der Waals surface area contributed by atoms with Crippen LogP contribution in [0.4, 0.5) is 8.78 Å². The van der Waals surface area contributed by atoms with Crippen LogP contribution < -0.4 is 25.3 Å². The monoisotopic (exact) mass is 922 g/mol. The van der Waals surface area contributed by atoms with Crippen molar-refractivity contribution in [1.29, 1.82) is 0 Å². The number of phenols is 1. The number of nitrogens with zero attached hydrogens (tertiary/aromatic N) is 4. The first-order chi connectivity index (χ1) is 29.8. The summed E-state index contributed by atoms with van der Waals surface area (Å²) >= 11 is 26.5. The second-order valence-electron chi connectivity index (χ2n) is 16.3. The van der Waals surface area contributed by atoms with E-state index in [4.69, 9.17) is 67.0 Å². The Morgan fingerprint density at radius 1 is 0.871 bits per heavy atom. The first kappa shape index (κ1) is 42.3. The van der Waals surface area contributed by atoms with Gasteiger partial charge in [0.05, 0.1) is 21.2 Å². The molecule has 5 aromatic rings. The Labute approximate surface area is 375 Å². The van der Waals surface area contributed by atoms with Gasteiger partial charge in [0.15, 0.2) is 0 Å². The van der Waals surface area contributed by atoms with Crippen LogP contribution in [0.15, 0.2) is 81.1 Å². The molecule has 0 bridgehead atoms. The standard InChI is InChI=1S/C46H40Cl4F2N4O6/c1-3-15-60-37-19-29(61-38-20-32(35(51)21-33(38)47)40-43(49)53-12-4-5-13-55(53)45(40)58)9-10-30(37)31-17-26(31)16-25-11-14-54-44(50)41(46(59)56(54)23-25)39-24(2)42(34(48)22-36(39)52)62-28-8-6-7-27(57)18-28/h1,6-10,18-22,24-26,31,42,57H,4-5,11-17,23H2,2H3/t24?,25?,26?,31-,42?/m0/s1. The van der Waals surface area contributed by atoms with E-state index in [2.05, 4.69) is 5.92 Å². The number of terminal acetylenes is 1. The lowest BCUT2D eigenvalue weighted by Crippen LogP contribution is -2.34. The van der Waals surface area contributed by atoms with Crippen LogP contribution >= 0.6 is 46.4 Å². The Morgan fingerprint density at radius 2 is 1.61 bits per heavy atom. The molecule has 10 nitrogen and oxygen atoms in total. The summed E-state index contributed by atoms with van der Waals surface area (Å²) in [6, 6.07) is 14.1. The maximum Gasteiger partial charge on any atom is 0.276 e. The second kappa shape index (κ2) is 16.9. The van der Waals surface area contributed by atoms with Crippen molar-refractivity contribution in [2.75, 3.05) is 6.61 Å². The summed E-state index contributed by atoms with van der Waals surface area (Å²) in [6.07, 6.45) is 10.1. The van der Waals surface area contributed by atoms with Gasteiger partial charge < -0.3 is 19.3 Å². The van der Waals surface area contributed by atoms with E-state index in [0.717, 1.165) is 49.8 Å². The van der Waals surface area contributed by atoms with Gasteiger partial charge in [0.25, 0.3) is 11.1 Å². The molecular weight excluding hydrogens is 884 g/mol. The van der Waals surface area contributed by atoms with E-state index in [-0.39, 0.29) is 83.7 Å². The molecule has 2 aliphatic heterocycles. The van der Waals surface area contributed by atoms with Crippen molar-refractivity contribution in [3.05, 3.63) is 125 Å². The zero-order valence-corrected chi connectivity index (χ0v) is 36.4. The Hall–Kier alpha value is -5.06. The smallest absolute Gasteiger partial charge is 0.276 e. The Morgan fingerprint density at radius 3 is 2.37 bits per heavy atom. The molecule has 0 spiro atoms. The zero-order valence-electron chi connectivity index (χ0n) is 33.4. The molecule has 0 amide bonds. The largest absolute Gasteiger partial charge is 0.508 e. The van der Waals surface area contributed by atoms with Crippen LogP contribution in [0.5, 0.6) is 28.7 Å². The van der Waals surface area contributed by atoms with Crippen molar-refractivity contribution in [2.24, 2.45) is 17.8 Å². The number of halogens is 6.